The van der Waals surface area contributed by atoms with Gasteiger partial charge in [0, 0.05) is 41.9 Å². The maximum Gasteiger partial charge on any atom is 0.233 e. The Balaban J connectivity index is 1.47. The molecule has 0 bridgehead atoms. The normalized spacial score (nSPS) is 14.6. The number of nitrogens with two attached hydrogens (primary N) is 1. The Morgan fingerprint density at radius 1 is 1.05 bits per heavy atom. The van der Waals surface area contributed by atoms with Gasteiger partial charge >= 0.3 is 0 Å². The summed E-state index contributed by atoms with van der Waals surface area (Å²) in [6.45, 7) is 2.87. The van der Waals surface area contributed by atoms with Crippen LogP contribution in [0.5, 0.6) is 0 Å². The molecule has 4 heterocycles. The van der Waals surface area contributed by atoms with E-state index in [0.29, 0.717) is 54.1 Å². The van der Waals surface area contributed by atoms with E-state index in [-0.39, 0.29) is 29.2 Å². The Kier molecular flexibility index (Phi) is 7.35. The number of Topliss-reactive ketones (excluding diaryl/α,β-unsaturated/α-hetero) is 1. The molecule has 11 heteroatoms. The zero-order valence-electron chi connectivity index (χ0n) is 22.3. The number of piperidine rings is 1. The fourth-order valence-electron chi connectivity index (χ4n) is 5.16. The molecule has 1 amide bonds. The third-order valence-electron chi connectivity index (χ3n) is 7.66. The number of benzene rings is 1. The van der Waals surface area contributed by atoms with Crippen LogP contribution in [-0.4, -0.2) is 72.7 Å². The van der Waals surface area contributed by atoms with E-state index in [2.05, 4.69) is 10.1 Å². The summed E-state index contributed by atoms with van der Waals surface area (Å²) in [6.07, 6.45) is 4.40. The van der Waals surface area contributed by atoms with Crippen LogP contribution >= 0.6 is 0 Å². The first-order chi connectivity index (χ1) is 19.2. The van der Waals surface area contributed by atoms with Gasteiger partial charge in [-0.1, -0.05) is 6.07 Å². The highest BCUT2D eigenvalue weighted by Gasteiger charge is 2.38. The van der Waals surface area contributed by atoms with Crippen molar-refractivity contribution in [3.63, 3.8) is 0 Å². The van der Waals surface area contributed by atoms with Gasteiger partial charge in [0.05, 0.1) is 41.8 Å². The number of hydrogen-bond acceptors (Lipinski definition) is 8. The molecule has 0 radical (unpaired) electrons. The molecule has 1 saturated heterocycles. The number of aliphatic hydroxyl groups is 2. The lowest BCUT2D eigenvalue weighted by Gasteiger charge is -2.37. The number of anilines is 1. The fraction of sp³-hybridized carbons (Fsp3) is 0.345. The van der Waals surface area contributed by atoms with Crippen molar-refractivity contribution in [2.45, 2.75) is 32.6 Å². The van der Waals surface area contributed by atoms with Crippen molar-refractivity contribution in [3.05, 3.63) is 65.9 Å². The molecule has 208 valence electrons. The van der Waals surface area contributed by atoms with Crippen molar-refractivity contribution in [2.75, 3.05) is 32.0 Å². The van der Waals surface area contributed by atoms with E-state index >= 15 is 0 Å². The average molecular weight is 547 g/mol. The number of nitrogen functional groups attached to an aromatic ring is 1. The maximum absolute atomic E-state index is 13.3. The van der Waals surface area contributed by atoms with Crippen LogP contribution in [0, 0.1) is 11.2 Å². The van der Waals surface area contributed by atoms with Gasteiger partial charge in [0.15, 0.2) is 11.4 Å². The zero-order chi connectivity index (χ0) is 28.6. The SMILES string of the molecule is CC(=O)c1c(C2CCN(C(=O)C(C)(CO)CO)CC2)nc2c(-c3ccc(-c4ccc(F)cc4)nc3)cnn2c1N. The van der Waals surface area contributed by atoms with Gasteiger partial charge in [-0.25, -0.2) is 9.37 Å². The molecule has 1 fully saturated rings. The van der Waals surface area contributed by atoms with Gasteiger partial charge in [-0.15, -0.1) is 0 Å². The van der Waals surface area contributed by atoms with Crippen LogP contribution in [0.4, 0.5) is 10.2 Å². The number of nitrogens with zero attached hydrogens (tertiary/aromatic N) is 5. The van der Waals surface area contributed by atoms with Crippen molar-refractivity contribution in [2.24, 2.45) is 5.41 Å². The number of aromatic nitrogens is 4. The Morgan fingerprint density at radius 3 is 2.27 bits per heavy atom. The molecule has 10 nitrogen and oxygen atoms in total. The highest BCUT2D eigenvalue weighted by molar-refractivity contribution is 6.00. The molecule has 1 aliphatic heterocycles. The molecular formula is C29H31FN6O4. The average Bonchev–Trinajstić information content (AvgIpc) is 3.41. The number of likely N-dealkylation sites (tertiary alicyclic amines) is 1. The van der Waals surface area contributed by atoms with E-state index < -0.39 is 18.6 Å². The van der Waals surface area contributed by atoms with Crippen molar-refractivity contribution in [1.29, 1.82) is 0 Å². The van der Waals surface area contributed by atoms with Gasteiger partial charge in [-0.2, -0.15) is 9.61 Å². The largest absolute Gasteiger partial charge is 0.395 e. The van der Waals surface area contributed by atoms with Crippen molar-refractivity contribution in [1.82, 2.24) is 24.5 Å². The van der Waals surface area contributed by atoms with E-state index in [9.17, 15) is 24.2 Å². The first-order valence-corrected chi connectivity index (χ1v) is 13.1. The summed E-state index contributed by atoms with van der Waals surface area (Å²) in [7, 11) is 0. The number of aliphatic hydroxyl groups excluding tert-OH is 2. The third kappa shape index (κ3) is 4.82. The summed E-state index contributed by atoms with van der Waals surface area (Å²) >= 11 is 0. The summed E-state index contributed by atoms with van der Waals surface area (Å²) in [4.78, 5) is 36.7. The highest BCUT2D eigenvalue weighted by atomic mass is 19.1. The number of rotatable bonds is 7. The first-order valence-electron chi connectivity index (χ1n) is 13.1. The quantitative estimate of drug-likeness (QED) is 0.300. The van der Waals surface area contributed by atoms with Crippen molar-refractivity contribution >= 4 is 23.2 Å². The molecule has 0 spiro atoms. The number of carbonyl (C=O) groups excluding carboxylic acids is 2. The van der Waals surface area contributed by atoms with Crippen LogP contribution in [0.15, 0.2) is 48.8 Å². The molecule has 4 N–H and O–H groups in total. The fourth-order valence-corrected chi connectivity index (χ4v) is 5.16. The van der Waals surface area contributed by atoms with E-state index in [4.69, 9.17) is 10.7 Å². The van der Waals surface area contributed by atoms with Gasteiger partial charge in [-0.05, 0) is 57.0 Å². The zero-order valence-corrected chi connectivity index (χ0v) is 22.3. The third-order valence-corrected chi connectivity index (χ3v) is 7.66. The van der Waals surface area contributed by atoms with E-state index in [1.54, 1.807) is 29.4 Å². The Morgan fingerprint density at radius 2 is 1.70 bits per heavy atom. The molecule has 0 aliphatic carbocycles. The molecule has 4 aromatic rings. The second-order valence-electron chi connectivity index (χ2n) is 10.5. The minimum atomic E-state index is -1.24. The molecule has 0 unspecified atom stereocenters. The maximum atomic E-state index is 13.3. The predicted octanol–water partition coefficient (Wildman–Crippen LogP) is 3.08. The minimum absolute atomic E-state index is 0.133. The number of carbonyl (C=O) groups is 2. The predicted molar refractivity (Wildman–Crippen MR) is 147 cm³/mol. The van der Waals surface area contributed by atoms with Crippen LogP contribution in [0.25, 0.3) is 28.0 Å². The molecule has 1 aliphatic rings. The molecule has 0 saturated carbocycles. The Labute approximate surface area is 230 Å². The number of hydrogen-bond donors (Lipinski definition) is 3. The van der Waals surface area contributed by atoms with Gasteiger partial charge in [-0.3, -0.25) is 14.6 Å². The Bertz CT molecular complexity index is 1560. The molecule has 40 heavy (non-hydrogen) atoms. The minimum Gasteiger partial charge on any atom is -0.395 e. The van der Waals surface area contributed by atoms with Crippen molar-refractivity contribution in [3.8, 4) is 22.4 Å². The van der Waals surface area contributed by atoms with Gasteiger partial charge in [0.1, 0.15) is 11.6 Å². The van der Waals surface area contributed by atoms with E-state index in [1.165, 1.54) is 30.5 Å². The number of amides is 1. The molecule has 1 aromatic carbocycles. The summed E-state index contributed by atoms with van der Waals surface area (Å²) in [6, 6.07) is 9.81. The second-order valence-corrected chi connectivity index (χ2v) is 10.5. The number of halogens is 1. The molecule has 5 rings (SSSR count). The van der Waals surface area contributed by atoms with Gasteiger partial charge in [0.2, 0.25) is 5.91 Å². The monoisotopic (exact) mass is 546 g/mol. The lowest BCUT2D eigenvalue weighted by Crippen LogP contribution is -2.49. The number of pyridine rings is 1. The second kappa shape index (κ2) is 10.7. The molecule has 0 atom stereocenters. The smallest absolute Gasteiger partial charge is 0.233 e. The molecule has 3 aromatic heterocycles. The van der Waals surface area contributed by atoms with Gasteiger partial charge in [0.25, 0.3) is 0 Å². The lowest BCUT2D eigenvalue weighted by atomic mass is 9.86. The lowest BCUT2D eigenvalue weighted by molar-refractivity contribution is -0.147. The summed E-state index contributed by atoms with van der Waals surface area (Å²) in [5.74, 6) is -0.786. The van der Waals surface area contributed by atoms with Crippen LogP contribution in [-0.2, 0) is 4.79 Å². The van der Waals surface area contributed by atoms with Crippen LogP contribution < -0.4 is 5.73 Å². The summed E-state index contributed by atoms with van der Waals surface area (Å²) < 4.78 is 14.8. The standard InChI is InChI=1S/C29H31FN6O4/c1-17(39)24-25(19-9-11-35(12-10-19)28(40)29(2,15-37)16-38)34-27-22(14-33-36(27)26(24)31)20-5-8-23(32-13-20)18-3-6-21(30)7-4-18/h3-8,13-14,19,37-38H,9-12,15-16,31H2,1-2H3. The topological polar surface area (TPSA) is 147 Å². The summed E-state index contributed by atoms with van der Waals surface area (Å²) in [5.41, 5.74) is 9.50. The van der Waals surface area contributed by atoms with E-state index in [1.807, 2.05) is 12.1 Å². The van der Waals surface area contributed by atoms with Crippen LogP contribution in [0.1, 0.15) is 48.7 Å². The molecular weight excluding hydrogens is 515 g/mol. The number of fused-ring (bicyclic) bond motifs is 1. The first kappa shape index (κ1) is 27.4. The summed E-state index contributed by atoms with van der Waals surface area (Å²) in [5, 5.41) is 23.7. The van der Waals surface area contributed by atoms with E-state index in [0.717, 1.165) is 11.1 Å². The highest BCUT2D eigenvalue weighted by Crippen LogP contribution is 2.35. The van der Waals surface area contributed by atoms with Crippen molar-refractivity contribution < 1.29 is 24.2 Å². The van der Waals surface area contributed by atoms with Crippen LogP contribution in [0.2, 0.25) is 0 Å². The Hall–Kier alpha value is -4.22. The van der Waals surface area contributed by atoms with Gasteiger partial charge < -0.3 is 20.8 Å². The number of ketones is 1. The van der Waals surface area contributed by atoms with Crippen LogP contribution in [0.3, 0.4) is 0 Å².